The highest BCUT2D eigenvalue weighted by Crippen LogP contribution is 2.12. The zero-order valence-corrected chi connectivity index (χ0v) is 13.4. The van der Waals surface area contributed by atoms with Gasteiger partial charge in [-0.15, -0.1) is 11.8 Å². The Hall–Kier alpha value is -1.74. The number of carbonyl (C=O) groups is 1. The standard InChI is InChI=1S/C18H21NOS/c1-14-3-7-16(8-4-14)11-19-18(20)13-21-12-17-9-5-15(2)6-10-17/h3-10H,11-13H2,1-2H3,(H,19,20). The first-order valence-electron chi connectivity index (χ1n) is 7.09. The first kappa shape index (κ1) is 15.6. The SMILES string of the molecule is Cc1ccc(CNC(=O)CSCc2ccc(C)cc2)cc1. The van der Waals surface area contributed by atoms with E-state index in [0.29, 0.717) is 12.3 Å². The molecule has 0 fully saturated rings. The monoisotopic (exact) mass is 299 g/mol. The van der Waals surface area contributed by atoms with E-state index in [-0.39, 0.29) is 5.91 Å². The van der Waals surface area contributed by atoms with E-state index in [1.54, 1.807) is 11.8 Å². The molecule has 110 valence electrons. The Balaban J connectivity index is 1.67. The summed E-state index contributed by atoms with van der Waals surface area (Å²) >= 11 is 1.65. The van der Waals surface area contributed by atoms with Gasteiger partial charge in [-0.25, -0.2) is 0 Å². The number of nitrogens with one attached hydrogen (secondary N) is 1. The van der Waals surface area contributed by atoms with Gasteiger partial charge in [-0.2, -0.15) is 0 Å². The highest BCUT2D eigenvalue weighted by molar-refractivity contribution is 7.99. The number of carbonyl (C=O) groups excluding carboxylic acids is 1. The Labute approximate surface area is 131 Å². The molecule has 1 amide bonds. The lowest BCUT2D eigenvalue weighted by molar-refractivity contribution is -0.118. The number of hydrogen-bond donors (Lipinski definition) is 1. The third kappa shape index (κ3) is 5.64. The van der Waals surface area contributed by atoms with Crippen molar-refractivity contribution >= 4 is 17.7 Å². The largest absolute Gasteiger partial charge is 0.351 e. The van der Waals surface area contributed by atoms with Crippen molar-refractivity contribution in [2.24, 2.45) is 0 Å². The van der Waals surface area contributed by atoms with Crippen LogP contribution in [0.5, 0.6) is 0 Å². The van der Waals surface area contributed by atoms with Gasteiger partial charge in [-0.05, 0) is 25.0 Å². The number of aryl methyl sites for hydroxylation is 2. The zero-order valence-electron chi connectivity index (χ0n) is 12.6. The maximum Gasteiger partial charge on any atom is 0.230 e. The highest BCUT2D eigenvalue weighted by Gasteiger charge is 2.02. The fourth-order valence-corrected chi connectivity index (χ4v) is 2.72. The average Bonchev–Trinajstić information content (AvgIpc) is 2.49. The summed E-state index contributed by atoms with van der Waals surface area (Å²) < 4.78 is 0. The van der Waals surface area contributed by atoms with Crippen LogP contribution in [0.15, 0.2) is 48.5 Å². The summed E-state index contributed by atoms with van der Waals surface area (Å²) in [7, 11) is 0. The van der Waals surface area contributed by atoms with E-state index < -0.39 is 0 Å². The number of thioether (sulfide) groups is 1. The van der Waals surface area contributed by atoms with Crippen LogP contribution in [0.1, 0.15) is 22.3 Å². The van der Waals surface area contributed by atoms with Gasteiger partial charge in [0, 0.05) is 12.3 Å². The van der Waals surface area contributed by atoms with Crippen molar-refractivity contribution in [1.29, 1.82) is 0 Å². The summed E-state index contributed by atoms with van der Waals surface area (Å²) in [6.07, 6.45) is 0. The number of hydrogen-bond acceptors (Lipinski definition) is 2. The Bertz CT molecular complexity index is 575. The van der Waals surface area contributed by atoms with Crippen LogP contribution in [0.2, 0.25) is 0 Å². The van der Waals surface area contributed by atoms with Gasteiger partial charge in [0.25, 0.3) is 0 Å². The van der Waals surface area contributed by atoms with Crippen molar-refractivity contribution in [3.63, 3.8) is 0 Å². The Morgan fingerprint density at radius 3 is 2.00 bits per heavy atom. The third-order valence-electron chi connectivity index (χ3n) is 3.23. The average molecular weight is 299 g/mol. The Morgan fingerprint density at radius 2 is 1.43 bits per heavy atom. The Kier molecular flexibility index (Phi) is 5.88. The van der Waals surface area contributed by atoms with Crippen molar-refractivity contribution in [1.82, 2.24) is 5.32 Å². The molecular formula is C18H21NOS. The summed E-state index contributed by atoms with van der Waals surface area (Å²) in [5, 5.41) is 2.95. The summed E-state index contributed by atoms with van der Waals surface area (Å²) in [5.74, 6) is 1.46. The van der Waals surface area contributed by atoms with Crippen molar-refractivity contribution in [2.45, 2.75) is 26.1 Å². The highest BCUT2D eigenvalue weighted by atomic mass is 32.2. The molecule has 0 spiro atoms. The van der Waals surface area contributed by atoms with E-state index in [4.69, 9.17) is 0 Å². The molecule has 2 aromatic rings. The topological polar surface area (TPSA) is 29.1 Å². The van der Waals surface area contributed by atoms with Gasteiger partial charge in [0.05, 0.1) is 5.75 Å². The van der Waals surface area contributed by atoms with Crippen LogP contribution in [-0.4, -0.2) is 11.7 Å². The maximum absolute atomic E-state index is 11.8. The molecule has 1 N–H and O–H groups in total. The molecule has 0 aliphatic heterocycles. The fourth-order valence-electron chi connectivity index (χ4n) is 1.90. The second-order valence-corrected chi connectivity index (χ2v) is 6.23. The van der Waals surface area contributed by atoms with E-state index >= 15 is 0 Å². The molecule has 0 aliphatic rings. The van der Waals surface area contributed by atoms with Crippen molar-refractivity contribution in [3.05, 3.63) is 70.8 Å². The molecule has 3 heteroatoms. The van der Waals surface area contributed by atoms with E-state index in [1.807, 2.05) is 0 Å². The minimum atomic E-state index is 0.0905. The Morgan fingerprint density at radius 1 is 0.905 bits per heavy atom. The zero-order chi connectivity index (χ0) is 15.1. The predicted octanol–water partition coefficient (Wildman–Crippen LogP) is 3.85. The summed E-state index contributed by atoms with van der Waals surface area (Å²) in [5.41, 5.74) is 4.90. The quantitative estimate of drug-likeness (QED) is 0.877. The first-order valence-corrected chi connectivity index (χ1v) is 8.24. The van der Waals surface area contributed by atoms with Gasteiger partial charge < -0.3 is 5.32 Å². The number of benzene rings is 2. The number of amides is 1. The molecule has 21 heavy (non-hydrogen) atoms. The van der Waals surface area contributed by atoms with E-state index in [9.17, 15) is 4.79 Å². The third-order valence-corrected chi connectivity index (χ3v) is 4.24. The van der Waals surface area contributed by atoms with Crippen molar-refractivity contribution < 1.29 is 4.79 Å². The molecule has 0 saturated heterocycles. The molecule has 0 saturated carbocycles. The molecule has 2 rings (SSSR count). The second kappa shape index (κ2) is 7.89. The van der Waals surface area contributed by atoms with Crippen LogP contribution in [0, 0.1) is 13.8 Å². The van der Waals surface area contributed by atoms with Crippen LogP contribution >= 0.6 is 11.8 Å². The molecular weight excluding hydrogens is 278 g/mol. The van der Waals surface area contributed by atoms with Gasteiger partial charge in [-0.3, -0.25) is 4.79 Å². The van der Waals surface area contributed by atoms with Crippen LogP contribution in [-0.2, 0) is 17.1 Å². The lowest BCUT2D eigenvalue weighted by Crippen LogP contribution is -2.24. The van der Waals surface area contributed by atoms with Gasteiger partial charge in [0.1, 0.15) is 0 Å². The lowest BCUT2D eigenvalue weighted by Gasteiger charge is -2.06. The van der Waals surface area contributed by atoms with Crippen LogP contribution in [0.4, 0.5) is 0 Å². The van der Waals surface area contributed by atoms with E-state index in [1.165, 1.54) is 16.7 Å². The smallest absolute Gasteiger partial charge is 0.230 e. The molecule has 0 aromatic heterocycles. The fraction of sp³-hybridized carbons (Fsp3) is 0.278. The number of rotatable bonds is 6. The van der Waals surface area contributed by atoms with Gasteiger partial charge in [0.2, 0.25) is 5.91 Å². The van der Waals surface area contributed by atoms with Crippen molar-refractivity contribution in [3.8, 4) is 0 Å². The van der Waals surface area contributed by atoms with E-state index in [2.05, 4.69) is 67.7 Å². The van der Waals surface area contributed by atoms with Crippen LogP contribution in [0.25, 0.3) is 0 Å². The summed E-state index contributed by atoms with van der Waals surface area (Å²) in [4.78, 5) is 11.8. The molecule has 0 bridgehead atoms. The molecule has 2 aromatic carbocycles. The van der Waals surface area contributed by atoms with Crippen molar-refractivity contribution in [2.75, 3.05) is 5.75 Å². The second-order valence-electron chi connectivity index (χ2n) is 5.24. The van der Waals surface area contributed by atoms with Gasteiger partial charge >= 0.3 is 0 Å². The molecule has 0 atom stereocenters. The summed E-state index contributed by atoms with van der Waals surface area (Å²) in [6.45, 7) is 4.74. The van der Waals surface area contributed by atoms with Gasteiger partial charge in [0.15, 0.2) is 0 Å². The molecule has 0 unspecified atom stereocenters. The minimum absolute atomic E-state index is 0.0905. The molecule has 0 radical (unpaired) electrons. The molecule has 0 heterocycles. The molecule has 0 aliphatic carbocycles. The summed E-state index contributed by atoms with van der Waals surface area (Å²) in [6, 6.07) is 16.7. The minimum Gasteiger partial charge on any atom is -0.351 e. The van der Waals surface area contributed by atoms with Crippen LogP contribution in [0.3, 0.4) is 0 Å². The van der Waals surface area contributed by atoms with Crippen LogP contribution < -0.4 is 5.32 Å². The molecule has 2 nitrogen and oxygen atoms in total. The first-order chi connectivity index (χ1) is 10.1. The van der Waals surface area contributed by atoms with E-state index in [0.717, 1.165) is 11.3 Å². The van der Waals surface area contributed by atoms with Gasteiger partial charge in [-0.1, -0.05) is 59.7 Å². The maximum atomic E-state index is 11.8. The normalized spacial score (nSPS) is 10.4. The lowest BCUT2D eigenvalue weighted by atomic mass is 10.1. The predicted molar refractivity (Wildman–Crippen MR) is 90.4 cm³/mol.